The Labute approximate surface area is 168 Å². The first-order valence-electron chi connectivity index (χ1n) is 8.59. The monoisotopic (exact) mass is 414 g/mol. The number of ether oxygens (including phenoxy) is 1. The highest BCUT2D eigenvalue weighted by atomic mass is 32.2. The molecule has 0 aliphatic rings. The number of para-hydroxylation sites is 1. The van der Waals surface area contributed by atoms with Crippen molar-refractivity contribution in [1.82, 2.24) is 0 Å². The van der Waals surface area contributed by atoms with Gasteiger partial charge in [0.1, 0.15) is 5.82 Å². The van der Waals surface area contributed by atoms with Gasteiger partial charge in [0.15, 0.2) is 11.5 Å². The summed E-state index contributed by atoms with van der Waals surface area (Å²) in [5.74, 6) is -0.206. The number of benzene rings is 3. The van der Waals surface area contributed by atoms with Crippen LogP contribution in [0.2, 0.25) is 0 Å². The molecule has 0 unspecified atom stereocenters. The van der Waals surface area contributed by atoms with E-state index in [1.54, 1.807) is 37.3 Å². The molecule has 0 atom stereocenters. The van der Waals surface area contributed by atoms with Crippen LogP contribution in [0.15, 0.2) is 70.6 Å². The van der Waals surface area contributed by atoms with Gasteiger partial charge in [-0.25, -0.2) is 12.8 Å². The largest absolute Gasteiger partial charge is 0.504 e. The zero-order valence-electron chi connectivity index (χ0n) is 15.8. The average molecular weight is 414 g/mol. The smallest absolute Gasteiger partial charge is 0.262 e. The SMILES string of the molecule is COc1cccc(C=Nc2ccc(C)c(S(=O)(=O)Nc3ccc(F)cc3)c2)c1O. The minimum atomic E-state index is -3.90. The van der Waals surface area contributed by atoms with Crippen LogP contribution in [0.4, 0.5) is 15.8 Å². The summed E-state index contributed by atoms with van der Waals surface area (Å²) in [6, 6.07) is 14.7. The number of aryl methyl sites for hydroxylation is 1. The Kier molecular flexibility index (Phi) is 5.84. The van der Waals surface area contributed by atoms with Crippen LogP contribution >= 0.6 is 0 Å². The number of nitrogens with zero attached hydrogens (tertiary/aromatic N) is 1. The number of phenolic OH excluding ortho intramolecular Hbond substituents is 1. The van der Waals surface area contributed by atoms with Crippen LogP contribution in [0, 0.1) is 12.7 Å². The summed E-state index contributed by atoms with van der Waals surface area (Å²) in [6.45, 7) is 1.67. The van der Waals surface area contributed by atoms with Crippen LogP contribution in [0.1, 0.15) is 11.1 Å². The molecule has 0 saturated heterocycles. The summed E-state index contributed by atoms with van der Waals surface area (Å²) in [6.07, 6.45) is 1.42. The number of rotatable bonds is 6. The number of hydrogen-bond acceptors (Lipinski definition) is 5. The maximum absolute atomic E-state index is 13.0. The third-order valence-electron chi connectivity index (χ3n) is 4.16. The summed E-state index contributed by atoms with van der Waals surface area (Å²) in [5.41, 5.74) is 1.60. The van der Waals surface area contributed by atoms with Gasteiger partial charge in [-0.05, 0) is 61.0 Å². The van der Waals surface area contributed by atoms with Gasteiger partial charge in [-0.1, -0.05) is 12.1 Å². The van der Waals surface area contributed by atoms with Crippen molar-refractivity contribution in [2.45, 2.75) is 11.8 Å². The quantitative estimate of drug-likeness (QED) is 0.585. The molecule has 3 aromatic carbocycles. The van der Waals surface area contributed by atoms with E-state index in [4.69, 9.17) is 4.74 Å². The van der Waals surface area contributed by atoms with Crippen LogP contribution < -0.4 is 9.46 Å². The molecule has 0 aromatic heterocycles. The van der Waals surface area contributed by atoms with E-state index in [9.17, 15) is 17.9 Å². The van der Waals surface area contributed by atoms with E-state index in [0.29, 0.717) is 22.6 Å². The maximum Gasteiger partial charge on any atom is 0.262 e. The second kappa shape index (κ2) is 8.32. The van der Waals surface area contributed by atoms with Crippen LogP contribution in [-0.2, 0) is 10.0 Å². The normalized spacial score (nSPS) is 11.6. The Hall–Kier alpha value is -3.39. The average Bonchev–Trinajstić information content (AvgIpc) is 2.69. The Bertz CT molecular complexity index is 1160. The second-order valence-electron chi connectivity index (χ2n) is 6.22. The summed E-state index contributed by atoms with van der Waals surface area (Å²) in [7, 11) is -2.45. The summed E-state index contributed by atoms with van der Waals surface area (Å²) in [5, 5.41) is 10.1. The zero-order chi connectivity index (χ0) is 21.0. The van der Waals surface area contributed by atoms with Crippen LogP contribution in [-0.4, -0.2) is 26.8 Å². The minimum absolute atomic E-state index is 0.0475. The molecule has 0 aliphatic heterocycles. The van der Waals surface area contributed by atoms with Gasteiger partial charge in [-0.15, -0.1) is 0 Å². The highest BCUT2D eigenvalue weighted by Gasteiger charge is 2.17. The number of aliphatic imine (C=N–C) groups is 1. The molecule has 0 fully saturated rings. The van der Waals surface area contributed by atoms with Gasteiger partial charge in [-0.2, -0.15) is 0 Å². The van der Waals surface area contributed by atoms with Gasteiger partial charge in [-0.3, -0.25) is 9.71 Å². The number of phenols is 1. The van der Waals surface area contributed by atoms with Gasteiger partial charge in [0, 0.05) is 17.5 Å². The molecule has 3 rings (SSSR count). The van der Waals surface area contributed by atoms with Gasteiger partial charge in [0.2, 0.25) is 0 Å². The van der Waals surface area contributed by atoms with Gasteiger partial charge in [0.05, 0.1) is 17.7 Å². The van der Waals surface area contributed by atoms with Gasteiger partial charge >= 0.3 is 0 Å². The summed E-state index contributed by atoms with van der Waals surface area (Å²) >= 11 is 0. The van der Waals surface area contributed by atoms with Crippen LogP contribution in [0.3, 0.4) is 0 Å². The number of sulfonamides is 1. The number of halogens is 1. The molecule has 0 amide bonds. The van der Waals surface area contributed by atoms with E-state index >= 15 is 0 Å². The van der Waals surface area contributed by atoms with Gasteiger partial charge in [0.25, 0.3) is 10.0 Å². The molecule has 0 saturated carbocycles. The van der Waals surface area contributed by atoms with E-state index in [2.05, 4.69) is 9.71 Å². The van der Waals surface area contributed by atoms with E-state index in [-0.39, 0.29) is 16.3 Å². The predicted octanol–water partition coefficient (Wildman–Crippen LogP) is 4.40. The van der Waals surface area contributed by atoms with Crippen molar-refractivity contribution in [2.24, 2.45) is 4.99 Å². The zero-order valence-corrected chi connectivity index (χ0v) is 16.6. The van der Waals surface area contributed by atoms with Gasteiger partial charge < -0.3 is 9.84 Å². The molecule has 8 heteroatoms. The van der Waals surface area contributed by atoms with Crippen LogP contribution in [0.25, 0.3) is 0 Å². The highest BCUT2D eigenvalue weighted by molar-refractivity contribution is 7.92. The molecule has 150 valence electrons. The standard InChI is InChI=1S/C21H19FN2O4S/c1-14-6-9-18(23-13-15-4-3-5-19(28-2)21(15)25)12-20(14)29(26,27)24-17-10-7-16(22)8-11-17/h3-13,24-25H,1-2H3. The third kappa shape index (κ3) is 4.72. The lowest BCUT2D eigenvalue weighted by molar-refractivity contribution is 0.373. The summed E-state index contributed by atoms with van der Waals surface area (Å²) in [4.78, 5) is 4.31. The Morgan fingerprint density at radius 2 is 1.83 bits per heavy atom. The highest BCUT2D eigenvalue weighted by Crippen LogP contribution is 2.29. The molecule has 0 bridgehead atoms. The third-order valence-corrected chi connectivity index (χ3v) is 5.68. The molecular formula is C21H19FN2O4S. The molecule has 29 heavy (non-hydrogen) atoms. The molecular weight excluding hydrogens is 395 g/mol. The molecule has 0 heterocycles. The van der Waals surface area contributed by atoms with Crippen molar-refractivity contribution in [3.05, 3.63) is 77.6 Å². The van der Waals surface area contributed by atoms with Crippen molar-refractivity contribution in [3.63, 3.8) is 0 Å². The lowest BCUT2D eigenvalue weighted by Crippen LogP contribution is -2.14. The molecule has 0 radical (unpaired) electrons. The topological polar surface area (TPSA) is 88.0 Å². The second-order valence-corrected chi connectivity index (χ2v) is 7.87. The number of methoxy groups -OCH3 is 1. The van der Waals surface area contributed by atoms with Crippen molar-refractivity contribution < 1.29 is 22.7 Å². The molecule has 0 aliphatic carbocycles. The molecule has 6 nitrogen and oxygen atoms in total. The minimum Gasteiger partial charge on any atom is -0.504 e. The van der Waals surface area contributed by atoms with Crippen molar-refractivity contribution in [3.8, 4) is 11.5 Å². The Balaban J connectivity index is 1.91. The van der Waals surface area contributed by atoms with E-state index < -0.39 is 15.8 Å². The fraction of sp³-hybridized carbons (Fsp3) is 0.0952. The fourth-order valence-electron chi connectivity index (χ4n) is 2.64. The van der Waals surface area contributed by atoms with Crippen molar-refractivity contribution >= 4 is 27.6 Å². The van der Waals surface area contributed by atoms with Crippen molar-refractivity contribution in [2.75, 3.05) is 11.8 Å². The lowest BCUT2D eigenvalue weighted by Gasteiger charge is -2.11. The number of anilines is 1. The molecule has 2 N–H and O–H groups in total. The van der Waals surface area contributed by atoms with E-state index in [1.165, 1.54) is 43.7 Å². The summed E-state index contributed by atoms with van der Waals surface area (Å²) < 4.78 is 46.0. The first-order valence-corrected chi connectivity index (χ1v) is 10.1. The first-order chi connectivity index (χ1) is 13.8. The van der Waals surface area contributed by atoms with E-state index in [1.807, 2.05) is 0 Å². The Morgan fingerprint density at radius 3 is 2.52 bits per heavy atom. The first kappa shape index (κ1) is 20.3. The van der Waals surface area contributed by atoms with E-state index in [0.717, 1.165) is 0 Å². The predicted molar refractivity (Wildman–Crippen MR) is 110 cm³/mol. The van der Waals surface area contributed by atoms with Crippen LogP contribution in [0.5, 0.6) is 11.5 Å². The number of aromatic hydroxyl groups is 1. The molecule has 3 aromatic rings. The molecule has 0 spiro atoms. The number of nitrogens with one attached hydrogen (secondary N) is 1. The Morgan fingerprint density at radius 1 is 1.10 bits per heavy atom. The van der Waals surface area contributed by atoms with Crippen molar-refractivity contribution in [1.29, 1.82) is 0 Å². The number of hydrogen-bond donors (Lipinski definition) is 2. The lowest BCUT2D eigenvalue weighted by atomic mass is 10.2. The fourth-order valence-corrected chi connectivity index (χ4v) is 3.96. The maximum atomic E-state index is 13.0.